The van der Waals surface area contributed by atoms with Gasteiger partial charge < -0.3 is 0 Å². The highest BCUT2D eigenvalue weighted by Crippen LogP contribution is 2.19. The molecule has 0 aliphatic heterocycles. The number of aromatic nitrogens is 1. The number of nitrogens with zero attached hydrogens (tertiary/aromatic N) is 1. The lowest BCUT2D eigenvalue weighted by molar-refractivity contribution is -0.115. The fourth-order valence-electron chi connectivity index (χ4n) is 1.93. The lowest BCUT2D eigenvalue weighted by atomic mass is 10.0. The number of pyridine rings is 1. The Labute approximate surface area is 118 Å². The number of fused-ring (bicyclic) bond motifs is 1. The van der Waals surface area contributed by atoms with Crippen molar-refractivity contribution in [2.45, 2.75) is 31.9 Å². The fourth-order valence-corrected chi connectivity index (χ4v) is 2.73. The van der Waals surface area contributed by atoms with Gasteiger partial charge >= 0.3 is 0 Å². The molecule has 1 aromatic heterocycles. The number of hydrogen-bond donors (Lipinski definition) is 0. The van der Waals surface area contributed by atoms with E-state index >= 15 is 0 Å². The predicted molar refractivity (Wildman–Crippen MR) is 82.7 cm³/mol. The van der Waals surface area contributed by atoms with Crippen LogP contribution in [-0.4, -0.2) is 21.8 Å². The molecular formula is C16H19NOS. The minimum atomic E-state index is 0.293. The third-order valence-corrected chi connectivity index (χ3v) is 4.62. The first-order valence-corrected chi connectivity index (χ1v) is 7.71. The van der Waals surface area contributed by atoms with E-state index in [1.165, 1.54) is 0 Å². The number of ketones is 1. The second-order valence-electron chi connectivity index (χ2n) is 4.73. The Kier molecular flexibility index (Phi) is 4.97. The zero-order chi connectivity index (χ0) is 13.7. The Bertz CT molecular complexity index is 562. The second-order valence-corrected chi connectivity index (χ2v) is 6.16. The van der Waals surface area contributed by atoms with Crippen LogP contribution in [0.4, 0.5) is 0 Å². The number of Topliss-reactive ketones (excluding diaryl/α,β-unsaturated/α-hetero) is 1. The van der Waals surface area contributed by atoms with E-state index in [1.54, 1.807) is 18.0 Å². The smallest absolute Gasteiger partial charge is 0.147 e. The lowest BCUT2D eigenvalue weighted by Crippen LogP contribution is -2.09. The van der Waals surface area contributed by atoms with Gasteiger partial charge in [-0.2, -0.15) is 11.8 Å². The molecule has 0 saturated heterocycles. The summed E-state index contributed by atoms with van der Waals surface area (Å²) in [5.74, 6) is 0.896. The molecule has 2 nitrogen and oxygen atoms in total. The molecule has 0 aliphatic carbocycles. The predicted octanol–water partition coefficient (Wildman–Crippen LogP) is 3.88. The molecular weight excluding hydrogens is 254 g/mol. The zero-order valence-electron chi connectivity index (χ0n) is 11.4. The molecule has 2 rings (SSSR count). The molecule has 0 aliphatic rings. The van der Waals surface area contributed by atoms with Crippen LogP contribution in [0.25, 0.3) is 10.9 Å². The van der Waals surface area contributed by atoms with Crippen LogP contribution < -0.4 is 0 Å². The van der Waals surface area contributed by atoms with Gasteiger partial charge in [-0.1, -0.05) is 32.0 Å². The average molecular weight is 273 g/mol. The highest BCUT2D eigenvalue weighted by atomic mass is 32.2. The van der Waals surface area contributed by atoms with Gasteiger partial charge in [0, 0.05) is 23.3 Å². The van der Waals surface area contributed by atoms with E-state index in [4.69, 9.17) is 0 Å². The first kappa shape index (κ1) is 14.1. The summed E-state index contributed by atoms with van der Waals surface area (Å²) in [5, 5.41) is 1.64. The van der Waals surface area contributed by atoms with E-state index < -0.39 is 0 Å². The third kappa shape index (κ3) is 3.80. The van der Waals surface area contributed by atoms with Crippen LogP contribution in [0.15, 0.2) is 36.5 Å². The van der Waals surface area contributed by atoms with Gasteiger partial charge in [-0.05, 0) is 24.1 Å². The summed E-state index contributed by atoms with van der Waals surface area (Å²) in [6.45, 7) is 4.32. The van der Waals surface area contributed by atoms with Crippen LogP contribution in [0.5, 0.6) is 0 Å². The molecule has 100 valence electrons. The number of carbonyl (C=O) groups is 1. The molecule has 0 saturated carbocycles. The van der Waals surface area contributed by atoms with Crippen molar-refractivity contribution in [2.24, 2.45) is 0 Å². The summed E-state index contributed by atoms with van der Waals surface area (Å²) < 4.78 is 0. The van der Waals surface area contributed by atoms with Crippen LogP contribution in [0.2, 0.25) is 0 Å². The van der Waals surface area contributed by atoms with Gasteiger partial charge in [0.25, 0.3) is 0 Å². The number of benzene rings is 1. The van der Waals surface area contributed by atoms with Gasteiger partial charge in [-0.3, -0.25) is 9.78 Å². The molecule has 1 aromatic carbocycles. The largest absolute Gasteiger partial charge is 0.298 e. The summed E-state index contributed by atoms with van der Waals surface area (Å²) >= 11 is 1.74. The molecule has 0 radical (unpaired) electrons. The van der Waals surface area contributed by atoms with Crippen molar-refractivity contribution in [3.8, 4) is 0 Å². The van der Waals surface area contributed by atoms with Crippen LogP contribution in [0.1, 0.15) is 25.8 Å². The fraction of sp³-hybridized carbons (Fsp3) is 0.375. The number of thioether (sulfide) groups is 1. The van der Waals surface area contributed by atoms with Crippen molar-refractivity contribution in [3.63, 3.8) is 0 Å². The quantitative estimate of drug-likeness (QED) is 0.800. The number of rotatable bonds is 6. The van der Waals surface area contributed by atoms with Crippen molar-refractivity contribution in [1.29, 1.82) is 0 Å². The maximum Gasteiger partial charge on any atom is 0.147 e. The zero-order valence-corrected chi connectivity index (χ0v) is 12.2. The molecule has 1 atom stereocenters. The van der Waals surface area contributed by atoms with E-state index in [-0.39, 0.29) is 0 Å². The van der Waals surface area contributed by atoms with Gasteiger partial charge in [0.15, 0.2) is 0 Å². The summed E-state index contributed by atoms with van der Waals surface area (Å²) in [4.78, 5) is 16.4. The molecule has 2 aromatic rings. The lowest BCUT2D eigenvalue weighted by Gasteiger charge is -2.08. The first-order valence-electron chi connectivity index (χ1n) is 6.66. The summed E-state index contributed by atoms with van der Waals surface area (Å²) in [6.07, 6.45) is 3.40. The van der Waals surface area contributed by atoms with Crippen molar-refractivity contribution >= 4 is 28.4 Å². The van der Waals surface area contributed by atoms with Gasteiger partial charge in [-0.15, -0.1) is 0 Å². The van der Waals surface area contributed by atoms with Crippen molar-refractivity contribution in [3.05, 3.63) is 42.1 Å². The Morgan fingerprint density at radius 1 is 1.32 bits per heavy atom. The SMILES string of the molecule is CCC(C)SCC(=O)Cc1ccnc2ccccc12. The number of para-hydroxylation sites is 1. The van der Waals surface area contributed by atoms with Crippen LogP contribution in [0, 0.1) is 0 Å². The monoisotopic (exact) mass is 273 g/mol. The third-order valence-electron chi connectivity index (χ3n) is 3.23. The topological polar surface area (TPSA) is 30.0 Å². The van der Waals surface area contributed by atoms with Crippen molar-refractivity contribution in [2.75, 3.05) is 5.75 Å². The minimum Gasteiger partial charge on any atom is -0.298 e. The highest BCUT2D eigenvalue weighted by Gasteiger charge is 2.09. The van der Waals surface area contributed by atoms with Gasteiger partial charge in [0.1, 0.15) is 5.78 Å². The maximum absolute atomic E-state index is 12.0. The molecule has 0 N–H and O–H groups in total. The molecule has 1 heterocycles. The van der Waals surface area contributed by atoms with Crippen molar-refractivity contribution < 1.29 is 4.79 Å². The highest BCUT2D eigenvalue weighted by molar-refractivity contribution is 8.00. The van der Waals surface area contributed by atoms with Crippen LogP contribution >= 0.6 is 11.8 Å². The van der Waals surface area contributed by atoms with Gasteiger partial charge in [-0.25, -0.2) is 0 Å². The summed E-state index contributed by atoms with van der Waals surface area (Å²) in [5.41, 5.74) is 2.04. The van der Waals surface area contributed by atoms with E-state index in [0.29, 0.717) is 23.2 Å². The molecule has 0 fully saturated rings. The van der Waals surface area contributed by atoms with Gasteiger partial charge in [0.2, 0.25) is 0 Å². The Balaban J connectivity index is 2.07. The first-order chi connectivity index (χ1) is 9.20. The molecule has 0 bridgehead atoms. The second kappa shape index (κ2) is 6.71. The van der Waals surface area contributed by atoms with E-state index in [9.17, 15) is 4.79 Å². The van der Waals surface area contributed by atoms with E-state index in [0.717, 1.165) is 22.9 Å². The van der Waals surface area contributed by atoms with Gasteiger partial charge in [0.05, 0.1) is 11.3 Å². The molecule has 19 heavy (non-hydrogen) atoms. The average Bonchev–Trinajstić information content (AvgIpc) is 2.45. The minimum absolute atomic E-state index is 0.293. The van der Waals surface area contributed by atoms with E-state index in [2.05, 4.69) is 18.8 Å². The molecule has 0 amide bonds. The number of hydrogen-bond acceptors (Lipinski definition) is 3. The van der Waals surface area contributed by atoms with Crippen LogP contribution in [0.3, 0.4) is 0 Å². The summed E-state index contributed by atoms with van der Waals surface area (Å²) in [6, 6.07) is 9.93. The Morgan fingerprint density at radius 3 is 2.89 bits per heavy atom. The van der Waals surface area contributed by atoms with Crippen molar-refractivity contribution in [1.82, 2.24) is 4.98 Å². The Morgan fingerprint density at radius 2 is 2.11 bits per heavy atom. The maximum atomic E-state index is 12.0. The summed E-state index contributed by atoms with van der Waals surface area (Å²) in [7, 11) is 0. The molecule has 0 spiro atoms. The normalized spacial score (nSPS) is 12.5. The van der Waals surface area contributed by atoms with E-state index in [1.807, 2.05) is 30.3 Å². The Hall–Kier alpha value is -1.35. The van der Waals surface area contributed by atoms with Crippen LogP contribution in [-0.2, 0) is 11.2 Å². The molecule has 3 heteroatoms. The number of carbonyl (C=O) groups excluding carboxylic acids is 1. The standard InChI is InChI=1S/C16H19NOS/c1-3-12(2)19-11-14(18)10-13-8-9-17-16-7-5-4-6-15(13)16/h4-9,12H,3,10-11H2,1-2H3. The molecule has 1 unspecified atom stereocenters.